The summed E-state index contributed by atoms with van der Waals surface area (Å²) >= 11 is 0. The van der Waals surface area contributed by atoms with Gasteiger partial charge in [0.25, 0.3) is 0 Å². The van der Waals surface area contributed by atoms with Crippen LogP contribution in [0.2, 0.25) is 0 Å². The van der Waals surface area contributed by atoms with Crippen LogP contribution in [0.15, 0.2) is 23.4 Å². The third-order valence-corrected chi connectivity index (χ3v) is 1.10. The molecule has 1 radical (unpaired) electrons. The van der Waals surface area contributed by atoms with Gasteiger partial charge in [0.05, 0.1) is 6.72 Å². The summed E-state index contributed by atoms with van der Waals surface area (Å²) in [5, 5.41) is 3.16. The van der Waals surface area contributed by atoms with Crippen LogP contribution in [0.25, 0.3) is 0 Å². The second-order valence-electron chi connectivity index (χ2n) is 1.84. The van der Waals surface area contributed by atoms with E-state index in [2.05, 4.69) is 15.5 Å². The van der Waals surface area contributed by atoms with Gasteiger partial charge in [0.15, 0.2) is 6.29 Å². The van der Waals surface area contributed by atoms with Crippen LogP contribution < -0.4 is 5.43 Å². The van der Waals surface area contributed by atoms with Crippen molar-refractivity contribution in [3.8, 4) is 0 Å². The zero-order chi connectivity index (χ0) is 8.10. The van der Waals surface area contributed by atoms with E-state index >= 15 is 0 Å². The molecule has 0 amide bonds. The standard InChI is InChI=1S/C7H6N3O/c1-8-10-7-3-2-6(5-11)4-9-7/h1-5H,(H,9,10). The number of nitrogens with zero attached hydrogens (tertiary/aromatic N) is 2. The minimum absolute atomic E-state index is 0.512. The molecule has 4 nitrogen and oxygen atoms in total. The quantitative estimate of drug-likeness (QED) is 0.392. The fourth-order valence-corrected chi connectivity index (χ4v) is 0.607. The Balaban J connectivity index is 2.81. The fraction of sp³-hybridized carbons (Fsp3) is 0. The van der Waals surface area contributed by atoms with Crippen molar-refractivity contribution >= 4 is 18.8 Å². The summed E-state index contributed by atoms with van der Waals surface area (Å²) in [6.45, 7) is 4.84. The van der Waals surface area contributed by atoms with Crippen LogP contribution in [0.4, 0.5) is 5.82 Å². The maximum absolute atomic E-state index is 10.2. The Hall–Kier alpha value is -1.71. The number of carbonyl (C=O) groups excluding carboxylic acids is 1. The maximum Gasteiger partial charge on any atom is 0.151 e. The van der Waals surface area contributed by atoms with Gasteiger partial charge in [0.2, 0.25) is 0 Å². The molecule has 0 spiro atoms. The highest BCUT2D eigenvalue weighted by Crippen LogP contribution is 2.01. The Morgan fingerprint density at radius 3 is 2.91 bits per heavy atom. The van der Waals surface area contributed by atoms with Crippen LogP contribution in [0.1, 0.15) is 10.4 Å². The Morgan fingerprint density at radius 2 is 2.45 bits per heavy atom. The predicted octanol–water partition coefficient (Wildman–Crippen LogP) is 0.799. The third kappa shape index (κ3) is 1.86. The van der Waals surface area contributed by atoms with Gasteiger partial charge in [-0.1, -0.05) is 0 Å². The summed E-state index contributed by atoms with van der Waals surface area (Å²) in [6, 6.07) is 3.23. The van der Waals surface area contributed by atoms with Crippen molar-refractivity contribution in [2.24, 2.45) is 5.10 Å². The van der Waals surface area contributed by atoms with Gasteiger partial charge in [-0.3, -0.25) is 10.2 Å². The van der Waals surface area contributed by atoms with Crippen LogP contribution in [-0.2, 0) is 0 Å². The monoisotopic (exact) mass is 148 g/mol. The average Bonchev–Trinajstić information content (AvgIpc) is 2.07. The number of rotatable bonds is 3. The molecule has 1 rings (SSSR count). The smallest absolute Gasteiger partial charge is 0.151 e. The van der Waals surface area contributed by atoms with Crippen LogP contribution >= 0.6 is 0 Å². The molecule has 55 valence electrons. The maximum atomic E-state index is 10.2. The topological polar surface area (TPSA) is 54.4 Å². The summed E-state index contributed by atoms with van der Waals surface area (Å²) in [5.41, 5.74) is 2.96. The van der Waals surface area contributed by atoms with Crippen molar-refractivity contribution in [1.29, 1.82) is 0 Å². The van der Waals surface area contributed by atoms with Crippen molar-refractivity contribution < 1.29 is 4.79 Å². The molecule has 0 fully saturated rings. The van der Waals surface area contributed by atoms with E-state index in [9.17, 15) is 4.79 Å². The number of hydrogen-bond donors (Lipinski definition) is 1. The molecule has 1 N–H and O–H groups in total. The first-order valence-corrected chi connectivity index (χ1v) is 2.94. The van der Waals surface area contributed by atoms with E-state index in [4.69, 9.17) is 6.72 Å². The summed E-state index contributed by atoms with van der Waals surface area (Å²) in [6.07, 6.45) is 2.15. The Morgan fingerprint density at radius 1 is 1.64 bits per heavy atom. The lowest BCUT2D eigenvalue weighted by atomic mass is 10.3. The van der Waals surface area contributed by atoms with E-state index in [1.807, 2.05) is 0 Å². The van der Waals surface area contributed by atoms with E-state index in [-0.39, 0.29) is 0 Å². The molecule has 0 atom stereocenters. The van der Waals surface area contributed by atoms with Crippen LogP contribution in [0, 0.1) is 0 Å². The minimum Gasteiger partial charge on any atom is -0.298 e. The number of hydrogen-bond acceptors (Lipinski definition) is 4. The molecular weight excluding hydrogens is 142 g/mol. The number of aromatic nitrogens is 1. The van der Waals surface area contributed by atoms with E-state index in [0.29, 0.717) is 11.4 Å². The number of pyridine rings is 1. The van der Waals surface area contributed by atoms with Crippen LogP contribution in [0.3, 0.4) is 0 Å². The predicted molar refractivity (Wildman–Crippen MR) is 41.7 cm³/mol. The number of aldehydes is 1. The van der Waals surface area contributed by atoms with Crippen molar-refractivity contribution in [2.45, 2.75) is 0 Å². The summed E-state index contributed by atoms with van der Waals surface area (Å²) in [5.74, 6) is 0.512. The van der Waals surface area contributed by atoms with Crippen molar-refractivity contribution in [3.05, 3.63) is 23.9 Å². The van der Waals surface area contributed by atoms with Gasteiger partial charge >= 0.3 is 0 Å². The first kappa shape index (κ1) is 7.40. The van der Waals surface area contributed by atoms with Gasteiger partial charge in [-0.2, -0.15) is 5.10 Å². The number of hydrazone groups is 1. The molecule has 0 aliphatic rings. The van der Waals surface area contributed by atoms with Crippen molar-refractivity contribution in [3.63, 3.8) is 0 Å². The number of anilines is 1. The lowest BCUT2D eigenvalue weighted by Crippen LogP contribution is -1.91. The highest BCUT2D eigenvalue weighted by Gasteiger charge is 1.90. The molecular formula is C7H6N3O. The van der Waals surface area contributed by atoms with E-state index in [1.165, 1.54) is 6.20 Å². The highest BCUT2D eigenvalue weighted by molar-refractivity contribution is 5.74. The molecule has 1 aromatic rings. The lowest BCUT2D eigenvalue weighted by molar-refractivity contribution is 0.112. The first-order chi connectivity index (χ1) is 5.36. The average molecular weight is 148 g/mol. The molecule has 0 saturated carbocycles. The van der Waals surface area contributed by atoms with Crippen LogP contribution in [-0.4, -0.2) is 18.0 Å². The summed E-state index contributed by atoms with van der Waals surface area (Å²) in [7, 11) is 0. The number of nitrogens with one attached hydrogen (secondary N) is 1. The molecule has 1 aromatic heterocycles. The largest absolute Gasteiger partial charge is 0.298 e. The molecule has 0 aliphatic carbocycles. The third-order valence-electron chi connectivity index (χ3n) is 1.10. The normalized spacial score (nSPS) is 8.73. The zero-order valence-corrected chi connectivity index (χ0v) is 5.69. The zero-order valence-electron chi connectivity index (χ0n) is 5.69. The van der Waals surface area contributed by atoms with E-state index in [0.717, 1.165) is 6.29 Å². The van der Waals surface area contributed by atoms with Gasteiger partial charge in [0.1, 0.15) is 5.82 Å². The Labute approximate surface area is 64.0 Å². The SMILES string of the molecule is [CH]=NNc1ccc(C=O)cn1. The molecule has 0 aliphatic heterocycles. The van der Waals surface area contributed by atoms with Gasteiger partial charge in [0, 0.05) is 11.8 Å². The van der Waals surface area contributed by atoms with Gasteiger partial charge < -0.3 is 0 Å². The fourth-order valence-electron chi connectivity index (χ4n) is 0.607. The Kier molecular flexibility index (Phi) is 2.32. The Bertz CT molecular complexity index is 255. The summed E-state index contributed by atoms with van der Waals surface area (Å²) in [4.78, 5) is 14.0. The molecule has 1 heterocycles. The minimum atomic E-state index is 0.512. The van der Waals surface area contributed by atoms with E-state index in [1.54, 1.807) is 12.1 Å². The van der Waals surface area contributed by atoms with E-state index < -0.39 is 0 Å². The van der Waals surface area contributed by atoms with Crippen molar-refractivity contribution in [2.75, 3.05) is 5.43 Å². The molecule has 0 unspecified atom stereocenters. The lowest BCUT2D eigenvalue weighted by Gasteiger charge is -1.95. The van der Waals surface area contributed by atoms with Gasteiger partial charge in [-0.25, -0.2) is 4.98 Å². The van der Waals surface area contributed by atoms with Gasteiger partial charge in [-0.05, 0) is 12.1 Å². The number of carbonyl (C=O) groups is 1. The van der Waals surface area contributed by atoms with Crippen molar-refractivity contribution in [1.82, 2.24) is 4.98 Å². The molecule has 11 heavy (non-hydrogen) atoms. The first-order valence-electron chi connectivity index (χ1n) is 2.94. The molecule has 0 saturated heterocycles. The van der Waals surface area contributed by atoms with Gasteiger partial charge in [-0.15, -0.1) is 0 Å². The molecule has 4 heteroatoms. The molecule has 0 aromatic carbocycles. The second kappa shape index (κ2) is 3.46. The molecule has 0 bridgehead atoms. The van der Waals surface area contributed by atoms with Crippen LogP contribution in [0.5, 0.6) is 0 Å². The second-order valence-corrected chi connectivity index (χ2v) is 1.84. The summed E-state index contributed by atoms with van der Waals surface area (Å²) < 4.78 is 0. The highest BCUT2D eigenvalue weighted by atomic mass is 16.1.